The molecule has 0 saturated heterocycles. The van der Waals surface area contributed by atoms with E-state index in [0.29, 0.717) is 5.69 Å². The minimum atomic E-state index is -3.78. The van der Waals surface area contributed by atoms with Crippen LogP contribution in [-0.2, 0) is 14.8 Å². The molecule has 0 bridgehead atoms. The normalized spacial score (nSPS) is 11.5. The third-order valence-corrected chi connectivity index (χ3v) is 6.02. The fraction of sp³-hybridized carbons (Fsp3) is 0.188. The van der Waals surface area contributed by atoms with Crippen LogP contribution >= 0.6 is 15.9 Å². The lowest BCUT2D eigenvalue weighted by molar-refractivity contribution is -0.116. The Hall–Kier alpha value is -1.77. The number of amides is 1. The van der Waals surface area contributed by atoms with Crippen LogP contribution in [0.25, 0.3) is 0 Å². The molecule has 2 aromatic carbocycles. The summed E-state index contributed by atoms with van der Waals surface area (Å²) >= 11 is 3.32. The summed E-state index contributed by atoms with van der Waals surface area (Å²) in [4.78, 5) is 12.1. The van der Waals surface area contributed by atoms with Gasteiger partial charge in [0, 0.05) is 17.2 Å². The molecule has 0 aliphatic heterocycles. The molecule has 5 nitrogen and oxygen atoms in total. The number of hydrogen-bond donors (Lipinski definition) is 1. The Kier molecular flexibility index (Phi) is 5.74. The molecule has 0 heterocycles. The summed E-state index contributed by atoms with van der Waals surface area (Å²) in [6.07, 6.45) is 0. The third kappa shape index (κ3) is 4.40. The van der Waals surface area contributed by atoms with E-state index in [9.17, 15) is 17.6 Å². The molecule has 0 aliphatic rings. The van der Waals surface area contributed by atoms with Crippen LogP contribution < -0.4 is 5.32 Å². The molecular weight excluding hydrogens is 399 g/mol. The molecule has 0 fully saturated rings. The van der Waals surface area contributed by atoms with Gasteiger partial charge in [-0.3, -0.25) is 4.79 Å². The first-order chi connectivity index (χ1) is 11.2. The second-order valence-corrected chi connectivity index (χ2v) is 8.13. The van der Waals surface area contributed by atoms with Crippen molar-refractivity contribution in [3.05, 3.63) is 58.3 Å². The second kappa shape index (κ2) is 7.42. The number of likely N-dealkylation sites (N-methyl/N-ethyl adjacent to an activating group) is 1. The van der Waals surface area contributed by atoms with Gasteiger partial charge in [-0.1, -0.05) is 15.9 Å². The average Bonchev–Trinajstić information content (AvgIpc) is 2.52. The maximum atomic E-state index is 12.8. The number of nitrogens with one attached hydrogen (secondary N) is 1. The highest BCUT2D eigenvalue weighted by Gasteiger charge is 2.23. The maximum Gasteiger partial charge on any atom is 0.243 e. The van der Waals surface area contributed by atoms with Gasteiger partial charge in [-0.25, -0.2) is 12.8 Å². The Morgan fingerprint density at radius 3 is 2.42 bits per heavy atom. The monoisotopic (exact) mass is 414 g/mol. The number of halogens is 2. The molecule has 0 aliphatic carbocycles. The standard InChI is InChI=1S/C16H16BrFN2O3S/c1-11-9-14(7-8-15(11)17)24(22,23)20(2)10-16(21)19-13-5-3-12(18)4-6-13/h3-9H,10H2,1-2H3,(H,19,21). The maximum absolute atomic E-state index is 12.8. The fourth-order valence-electron chi connectivity index (χ4n) is 1.98. The van der Waals surface area contributed by atoms with Gasteiger partial charge in [0.1, 0.15) is 5.82 Å². The molecule has 1 N–H and O–H groups in total. The Bertz CT molecular complexity index is 854. The lowest BCUT2D eigenvalue weighted by Gasteiger charge is -2.17. The van der Waals surface area contributed by atoms with E-state index in [1.54, 1.807) is 13.0 Å². The molecule has 0 aromatic heterocycles. The van der Waals surface area contributed by atoms with E-state index in [1.165, 1.54) is 43.4 Å². The fourth-order valence-corrected chi connectivity index (χ4v) is 3.44. The largest absolute Gasteiger partial charge is 0.325 e. The number of anilines is 1. The number of rotatable bonds is 5. The van der Waals surface area contributed by atoms with Gasteiger partial charge < -0.3 is 5.32 Å². The van der Waals surface area contributed by atoms with Crippen LogP contribution in [0, 0.1) is 12.7 Å². The summed E-state index contributed by atoms with van der Waals surface area (Å²) in [5, 5.41) is 2.52. The van der Waals surface area contributed by atoms with Crippen LogP contribution in [0.4, 0.5) is 10.1 Å². The molecule has 0 unspecified atom stereocenters. The first-order valence-corrected chi connectivity index (χ1v) is 9.21. The molecule has 2 rings (SSSR count). The summed E-state index contributed by atoms with van der Waals surface area (Å²) in [5.41, 5.74) is 1.17. The SMILES string of the molecule is Cc1cc(S(=O)(=O)N(C)CC(=O)Nc2ccc(F)cc2)ccc1Br. The van der Waals surface area contributed by atoms with Crippen molar-refractivity contribution in [2.45, 2.75) is 11.8 Å². The van der Waals surface area contributed by atoms with E-state index in [-0.39, 0.29) is 11.4 Å². The van der Waals surface area contributed by atoms with Crippen LogP contribution in [0.2, 0.25) is 0 Å². The molecule has 8 heteroatoms. The van der Waals surface area contributed by atoms with E-state index in [4.69, 9.17) is 0 Å². The van der Waals surface area contributed by atoms with Crippen LogP contribution in [0.5, 0.6) is 0 Å². The Morgan fingerprint density at radius 1 is 1.21 bits per heavy atom. The topological polar surface area (TPSA) is 66.5 Å². The van der Waals surface area contributed by atoms with Crippen LogP contribution in [0.3, 0.4) is 0 Å². The zero-order chi connectivity index (χ0) is 17.9. The molecule has 0 spiro atoms. The van der Waals surface area contributed by atoms with Crippen LogP contribution in [0.1, 0.15) is 5.56 Å². The van der Waals surface area contributed by atoms with Crippen LogP contribution in [-0.4, -0.2) is 32.2 Å². The zero-order valence-corrected chi connectivity index (χ0v) is 15.5. The second-order valence-electron chi connectivity index (χ2n) is 5.23. The molecule has 1 amide bonds. The van der Waals surface area contributed by atoms with Gasteiger partial charge in [0.25, 0.3) is 0 Å². The van der Waals surface area contributed by atoms with Gasteiger partial charge in [0.2, 0.25) is 15.9 Å². The summed E-state index contributed by atoms with van der Waals surface area (Å²) in [6, 6.07) is 9.88. The zero-order valence-electron chi connectivity index (χ0n) is 13.1. The molecule has 24 heavy (non-hydrogen) atoms. The molecular formula is C16H16BrFN2O3S. The molecule has 128 valence electrons. The van der Waals surface area contributed by atoms with E-state index in [1.807, 2.05) is 0 Å². The number of nitrogens with zero attached hydrogens (tertiary/aromatic N) is 1. The van der Waals surface area contributed by atoms with Gasteiger partial charge in [0.15, 0.2) is 0 Å². The number of sulfonamides is 1. The number of hydrogen-bond acceptors (Lipinski definition) is 3. The lowest BCUT2D eigenvalue weighted by Crippen LogP contribution is -2.35. The van der Waals surface area contributed by atoms with Gasteiger partial charge in [-0.15, -0.1) is 0 Å². The molecule has 0 radical (unpaired) electrons. The number of benzene rings is 2. The van der Waals surface area contributed by atoms with Crippen molar-refractivity contribution in [2.75, 3.05) is 18.9 Å². The van der Waals surface area contributed by atoms with Crippen molar-refractivity contribution in [3.63, 3.8) is 0 Å². The van der Waals surface area contributed by atoms with Crippen LogP contribution in [0.15, 0.2) is 51.8 Å². The highest BCUT2D eigenvalue weighted by atomic mass is 79.9. The van der Waals surface area contributed by atoms with Gasteiger partial charge >= 0.3 is 0 Å². The minimum Gasteiger partial charge on any atom is -0.325 e. The first kappa shape index (κ1) is 18.6. The van der Waals surface area contributed by atoms with Crippen molar-refractivity contribution in [1.29, 1.82) is 0 Å². The Balaban J connectivity index is 2.09. The van der Waals surface area contributed by atoms with Crippen molar-refractivity contribution < 1.29 is 17.6 Å². The first-order valence-electron chi connectivity index (χ1n) is 6.98. The summed E-state index contributed by atoms with van der Waals surface area (Å²) in [7, 11) is -2.45. The average molecular weight is 415 g/mol. The van der Waals surface area contributed by atoms with Crippen molar-refractivity contribution >= 4 is 37.5 Å². The third-order valence-electron chi connectivity index (χ3n) is 3.33. The lowest BCUT2D eigenvalue weighted by atomic mass is 10.2. The number of carbonyl (C=O) groups excluding carboxylic acids is 1. The van der Waals surface area contributed by atoms with E-state index in [0.717, 1.165) is 14.3 Å². The van der Waals surface area contributed by atoms with Gasteiger partial charge in [-0.05, 0) is 55.0 Å². The Labute approximate surface area is 148 Å². The molecule has 0 atom stereocenters. The van der Waals surface area contributed by atoms with E-state index < -0.39 is 21.7 Å². The van der Waals surface area contributed by atoms with Crippen molar-refractivity contribution in [2.24, 2.45) is 0 Å². The Morgan fingerprint density at radius 2 is 1.83 bits per heavy atom. The van der Waals surface area contributed by atoms with Crippen molar-refractivity contribution in [1.82, 2.24) is 4.31 Å². The molecule has 2 aromatic rings. The number of aryl methyl sites for hydroxylation is 1. The highest BCUT2D eigenvalue weighted by Crippen LogP contribution is 2.22. The van der Waals surface area contributed by atoms with Gasteiger partial charge in [-0.2, -0.15) is 4.31 Å². The quantitative estimate of drug-likeness (QED) is 0.816. The van der Waals surface area contributed by atoms with E-state index >= 15 is 0 Å². The summed E-state index contributed by atoms with van der Waals surface area (Å²) in [5.74, 6) is -0.931. The van der Waals surface area contributed by atoms with Gasteiger partial charge in [0.05, 0.1) is 11.4 Å². The predicted octanol–water partition coefficient (Wildman–Crippen LogP) is 3.16. The van der Waals surface area contributed by atoms with E-state index in [2.05, 4.69) is 21.2 Å². The minimum absolute atomic E-state index is 0.111. The predicted molar refractivity (Wildman–Crippen MR) is 93.7 cm³/mol. The summed E-state index contributed by atoms with van der Waals surface area (Å²) < 4.78 is 39.6. The number of carbonyl (C=O) groups is 1. The van der Waals surface area contributed by atoms with Crippen molar-refractivity contribution in [3.8, 4) is 0 Å². The smallest absolute Gasteiger partial charge is 0.243 e. The summed E-state index contributed by atoms with van der Waals surface area (Å²) in [6.45, 7) is 1.43. The highest BCUT2D eigenvalue weighted by molar-refractivity contribution is 9.10. The molecule has 0 saturated carbocycles.